The van der Waals surface area contributed by atoms with Gasteiger partial charge < -0.3 is 4.74 Å². The molecule has 4 nitrogen and oxygen atoms in total. The van der Waals surface area contributed by atoms with Gasteiger partial charge in [0.25, 0.3) is 0 Å². The fraction of sp³-hybridized carbons (Fsp3) is 0.200. The highest BCUT2D eigenvalue weighted by atomic mass is 32.2. The van der Waals surface area contributed by atoms with Crippen LogP contribution in [0.5, 0.6) is 5.75 Å². The third-order valence-corrected chi connectivity index (χ3v) is 3.47. The van der Waals surface area contributed by atoms with Crippen LogP contribution in [0.1, 0.15) is 0 Å². The van der Waals surface area contributed by atoms with Gasteiger partial charge in [-0.15, -0.1) is 18.3 Å². The summed E-state index contributed by atoms with van der Waals surface area (Å²) in [5.41, 5.74) is 1.01. The molecule has 0 aliphatic rings. The predicted octanol–water partition coefficient (Wildman–Crippen LogP) is 3.42. The lowest BCUT2D eigenvalue weighted by Crippen LogP contribution is -2.00. The van der Waals surface area contributed by atoms with Crippen molar-refractivity contribution in [3.8, 4) is 17.1 Å². The van der Waals surface area contributed by atoms with Gasteiger partial charge in [-0.05, 0) is 24.3 Å². The fourth-order valence-corrected chi connectivity index (χ4v) is 2.29. The summed E-state index contributed by atoms with van der Waals surface area (Å²) in [7, 11) is 1.65. The zero-order valence-electron chi connectivity index (χ0n) is 11.5. The number of rotatable bonds is 7. The smallest absolute Gasteiger partial charge is 0.209 e. The quantitative estimate of drug-likeness (QED) is 0.578. The normalized spacial score (nSPS) is 10.2. The van der Waals surface area contributed by atoms with Crippen molar-refractivity contribution in [2.45, 2.75) is 11.7 Å². The lowest BCUT2D eigenvalue weighted by molar-refractivity contribution is 0.415. The highest BCUT2D eigenvalue weighted by molar-refractivity contribution is 7.99. The molecule has 1 heterocycles. The number of allylic oxidation sites excluding steroid dienone is 1. The maximum atomic E-state index is 5.17. The number of benzene rings is 1. The Bertz CT molecular complexity index is 590. The summed E-state index contributed by atoms with van der Waals surface area (Å²) in [6.07, 6.45) is 3.65. The summed E-state index contributed by atoms with van der Waals surface area (Å²) in [6.45, 7) is 8.09. The summed E-state index contributed by atoms with van der Waals surface area (Å²) in [5, 5.41) is 5.22. The monoisotopic (exact) mass is 287 g/mol. The lowest BCUT2D eigenvalue weighted by Gasteiger charge is -2.04. The Morgan fingerprint density at radius 1 is 1.25 bits per heavy atom. The van der Waals surface area contributed by atoms with Gasteiger partial charge in [0, 0.05) is 11.3 Å². The van der Waals surface area contributed by atoms with Gasteiger partial charge >= 0.3 is 0 Å². The van der Waals surface area contributed by atoms with Gasteiger partial charge in [0.2, 0.25) is 5.16 Å². The third-order valence-electron chi connectivity index (χ3n) is 2.63. The van der Waals surface area contributed by atoms with E-state index < -0.39 is 0 Å². The standard InChI is InChI=1S/C15H17N3OS/c1-4-10-18-14(16-15(17-18)20-11-5-2)12-6-8-13(19-3)9-7-12/h4-9H,1-2,10-11H2,3H3. The van der Waals surface area contributed by atoms with Crippen LogP contribution in [0.2, 0.25) is 0 Å². The van der Waals surface area contributed by atoms with Gasteiger partial charge in [-0.25, -0.2) is 9.67 Å². The molecule has 20 heavy (non-hydrogen) atoms. The molecule has 2 rings (SSSR count). The minimum Gasteiger partial charge on any atom is -0.497 e. The molecule has 0 fully saturated rings. The number of hydrogen-bond donors (Lipinski definition) is 0. The molecular weight excluding hydrogens is 270 g/mol. The number of methoxy groups -OCH3 is 1. The molecule has 5 heteroatoms. The molecule has 0 unspecified atom stereocenters. The molecule has 0 aliphatic heterocycles. The van der Waals surface area contributed by atoms with Crippen LogP contribution in [0.4, 0.5) is 0 Å². The number of thioether (sulfide) groups is 1. The summed E-state index contributed by atoms with van der Waals surface area (Å²) >= 11 is 1.56. The van der Waals surface area contributed by atoms with Crippen molar-refractivity contribution < 1.29 is 4.74 Å². The summed E-state index contributed by atoms with van der Waals surface area (Å²) in [5.74, 6) is 2.45. The Kier molecular flexibility index (Phi) is 5.01. The van der Waals surface area contributed by atoms with Crippen molar-refractivity contribution in [1.82, 2.24) is 14.8 Å². The Labute approximate surface area is 123 Å². The first-order valence-corrected chi connectivity index (χ1v) is 7.21. The topological polar surface area (TPSA) is 39.9 Å². The van der Waals surface area contributed by atoms with Crippen LogP contribution >= 0.6 is 11.8 Å². The van der Waals surface area contributed by atoms with Crippen LogP contribution in [-0.2, 0) is 6.54 Å². The molecule has 0 spiro atoms. The average Bonchev–Trinajstić information content (AvgIpc) is 2.88. The van der Waals surface area contributed by atoms with E-state index in [9.17, 15) is 0 Å². The number of aromatic nitrogens is 3. The number of hydrogen-bond acceptors (Lipinski definition) is 4. The Morgan fingerprint density at radius 3 is 2.60 bits per heavy atom. The molecule has 0 aliphatic carbocycles. The molecule has 1 aromatic carbocycles. The second-order valence-electron chi connectivity index (χ2n) is 4.02. The van der Waals surface area contributed by atoms with E-state index in [0.717, 1.165) is 28.0 Å². The van der Waals surface area contributed by atoms with Crippen molar-refractivity contribution in [3.05, 3.63) is 49.6 Å². The maximum absolute atomic E-state index is 5.17. The highest BCUT2D eigenvalue weighted by Crippen LogP contribution is 2.24. The minimum absolute atomic E-state index is 0.628. The second kappa shape index (κ2) is 6.96. The van der Waals surface area contributed by atoms with E-state index >= 15 is 0 Å². The average molecular weight is 287 g/mol. The van der Waals surface area contributed by atoms with Crippen LogP contribution in [0, 0.1) is 0 Å². The van der Waals surface area contributed by atoms with Crippen molar-refractivity contribution in [2.24, 2.45) is 0 Å². The summed E-state index contributed by atoms with van der Waals surface area (Å²) < 4.78 is 7.01. The van der Waals surface area contributed by atoms with Crippen LogP contribution < -0.4 is 4.74 Å². The fourth-order valence-electron chi connectivity index (χ4n) is 1.72. The molecule has 104 valence electrons. The van der Waals surface area contributed by atoms with E-state index in [1.54, 1.807) is 18.9 Å². The predicted molar refractivity (Wildman–Crippen MR) is 83.1 cm³/mol. The van der Waals surface area contributed by atoms with Gasteiger partial charge in [-0.3, -0.25) is 0 Å². The zero-order chi connectivity index (χ0) is 14.4. The van der Waals surface area contributed by atoms with Crippen LogP contribution in [0.25, 0.3) is 11.4 Å². The number of nitrogens with zero attached hydrogens (tertiary/aromatic N) is 3. The molecule has 0 radical (unpaired) electrons. The van der Waals surface area contributed by atoms with E-state index in [-0.39, 0.29) is 0 Å². The van der Waals surface area contributed by atoms with Gasteiger partial charge in [0.15, 0.2) is 5.82 Å². The first kappa shape index (κ1) is 14.4. The Hall–Kier alpha value is -2.01. The van der Waals surface area contributed by atoms with E-state index in [1.807, 2.05) is 41.1 Å². The largest absolute Gasteiger partial charge is 0.497 e. The van der Waals surface area contributed by atoms with Crippen molar-refractivity contribution >= 4 is 11.8 Å². The molecule has 0 N–H and O–H groups in total. The van der Waals surface area contributed by atoms with Crippen molar-refractivity contribution in [1.29, 1.82) is 0 Å². The first-order chi connectivity index (χ1) is 9.78. The third kappa shape index (κ3) is 3.30. The SMILES string of the molecule is C=CCSc1nc(-c2ccc(OC)cc2)n(CC=C)n1. The summed E-state index contributed by atoms with van der Waals surface area (Å²) in [4.78, 5) is 4.57. The number of ether oxygens (including phenoxy) is 1. The van der Waals surface area contributed by atoms with Crippen LogP contribution in [0.15, 0.2) is 54.7 Å². The first-order valence-electron chi connectivity index (χ1n) is 6.22. The molecule has 0 bridgehead atoms. The Balaban J connectivity index is 2.33. The van der Waals surface area contributed by atoms with Crippen molar-refractivity contribution in [2.75, 3.05) is 12.9 Å². The van der Waals surface area contributed by atoms with Gasteiger partial charge in [-0.1, -0.05) is 23.9 Å². The Morgan fingerprint density at radius 2 is 2.00 bits per heavy atom. The van der Waals surface area contributed by atoms with E-state index in [1.165, 1.54) is 0 Å². The minimum atomic E-state index is 0.628. The van der Waals surface area contributed by atoms with Crippen LogP contribution in [0.3, 0.4) is 0 Å². The highest BCUT2D eigenvalue weighted by Gasteiger charge is 2.11. The maximum Gasteiger partial charge on any atom is 0.209 e. The molecular formula is C15H17N3OS. The van der Waals surface area contributed by atoms with Crippen molar-refractivity contribution in [3.63, 3.8) is 0 Å². The van der Waals surface area contributed by atoms with Gasteiger partial charge in [0.1, 0.15) is 5.75 Å². The molecule has 0 saturated carbocycles. The molecule has 1 aromatic heterocycles. The molecule has 2 aromatic rings. The second-order valence-corrected chi connectivity index (χ2v) is 5.00. The van der Waals surface area contributed by atoms with E-state index in [0.29, 0.717) is 6.54 Å². The molecule has 0 amide bonds. The van der Waals surface area contributed by atoms with Gasteiger partial charge in [-0.2, -0.15) is 0 Å². The molecule has 0 atom stereocenters. The lowest BCUT2D eigenvalue weighted by atomic mass is 10.2. The molecule has 0 saturated heterocycles. The summed E-state index contributed by atoms with van der Waals surface area (Å²) in [6, 6.07) is 7.78. The van der Waals surface area contributed by atoms with E-state index in [2.05, 4.69) is 23.2 Å². The van der Waals surface area contributed by atoms with Crippen LogP contribution in [-0.4, -0.2) is 27.6 Å². The zero-order valence-corrected chi connectivity index (χ0v) is 12.3. The van der Waals surface area contributed by atoms with E-state index in [4.69, 9.17) is 4.74 Å². The van der Waals surface area contributed by atoms with Gasteiger partial charge in [0.05, 0.1) is 13.7 Å².